The molecule has 0 aliphatic heterocycles. The van der Waals surface area contributed by atoms with E-state index in [2.05, 4.69) is 32.3 Å². The maximum atomic E-state index is 12.5. The van der Waals surface area contributed by atoms with E-state index in [1.807, 2.05) is 47.0 Å². The van der Waals surface area contributed by atoms with Crippen LogP contribution in [-0.4, -0.2) is 24.7 Å². The van der Waals surface area contributed by atoms with Crippen molar-refractivity contribution in [2.45, 2.75) is 17.3 Å². The summed E-state index contributed by atoms with van der Waals surface area (Å²) >= 11 is 13.6. The van der Waals surface area contributed by atoms with E-state index in [1.54, 1.807) is 18.2 Å². The zero-order valence-corrected chi connectivity index (χ0v) is 19.5. The van der Waals surface area contributed by atoms with E-state index in [9.17, 15) is 4.79 Å². The smallest absolute Gasteiger partial charge is 0.258 e. The van der Waals surface area contributed by atoms with Crippen molar-refractivity contribution in [3.63, 3.8) is 0 Å². The van der Waals surface area contributed by atoms with Gasteiger partial charge in [0.15, 0.2) is 5.16 Å². The van der Waals surface area contributed by atoms with Gasteiger partial charge in [-0.05, 0) is 48.0 Å². The number of H-pyrrole nitrogens is 1. The molecule has 0 aliphatic carbocycles. The second-order valence-corrected chi connectivity index (χ2v) is 9.15. The third-order valence-corrected chi connectivity index (χ3v) is 6.47. The average Bonchev–Trinajstić information content (AvgIpc) is 3.21. The van der Waals surface area contributed by atoms with Crippen LogP contribution in [-0.2, 0) is 12.2 Å². The lowest BCUT2D eigenvalue weighted by Gasteiger charge is -2.11. The number of nitrogens with zero attached hydrogens (tertiary/aromatic N) is 4. The molecule has 3 aromatic carbocycles. The van der Waals surface area contributed by atoms with Gasteiger partial charge in [0.2, 0.25) is 0 Å². The summed E-state index contributed by atoms with van der Waals surface area (Å²) in [5, 5.41) is 11.2. The first-order valence-electron chi connectivity index (χ1n) is 10.1. The van der Waals surface area contributed by atoms with Crippen LogP contribution < -0.4 is 5.56 Å². The quantitative estimate of drug-likeness (QED) is 0.307. The van der Waals surface area contributed by atoms with Gasteiger partial charge in [0, 0.05) is 22.2 Å². The summed E-state index contributed by atoms with van der Waals surface area (Å²) in [6.07, 6.45) is 0.628. The zero-order valence-electron chi connectivity index (χ0n) is 17.2. The third-order valence-electron chi connectivity index (χ3n) is 5.04. The highest BCUT2D eigenvalue weighted by Crippen LogP contribution is 2.26. The molecule has 5 rings (SSSR count). The molecule has 0 saturated carbocycles. The van der Waals surface area contributed by atoms with E-state index >= 15 is 0 Å². The van der Waals surface area contributed by atoms with Crippen molar-refractivity contribution in [3.05, 3.63) is 110 Å². The molecule has 0 radical (unpaired) electrons. The van der Waals surface area contributed by atoms with E-state index in [-0.39, 0.29) is 5.56 Å². The van der Waals surface area contributed by atoms with Gasteiger partial charge in [-0.3, -0.25) is 9.36 Å². The van der Waals surface area contributed by atoms with Crippen molar-refractivity contribution in [2.24, 2.45) is 0 Å². The standard InChI is InChI=1S/C24H17Cl2N5OS/c25-16-6-9-18(10-7-16)31-22(12-15-4-2-1-3-5-15)29-30-24(31)33-14-21-27-20-11-8-17(26)13-19(20)23(32)28-21/h1-11,13H,12,14H2,(H,27,28,32). The van der Waals surface area contributed by atoms with E-state index < -0.39 is 0 Å². The Morgan fingerprint density at radius 2 is 1.67 bits per heavy atom. The Morgan fingerprint density at radius 3 is 2.45 bits per heavy atom. The van der Waals surface area contributed by atoms with Crippen LogP contribution >= 0.6 is 35.0 Å². The minimum atomic E-state index is -0.220. The number of rotatable bonds is 6. The molecule has 0 spiro atoms. The van der Waals surface area contributed by atoms with Crippen LogP contribution in [0.25, 0.3) is 16.6 Å². The van der Waals surface area contributed by atoms with Crippen molar-refractivity contribution < 1.29 is 0 Å². The molecule has 6 nitrogen and oxygen atoms in total. The highest BCUT2D eigenvalue weighted by molar-refractivity contribution is 7.98. The summed E-state index contributed by atoms with van der Waals surface area (Å²) in [5.74, 6) is 1.78. The number of hydrogen-bond donors (Lipinski definition) is 1. The number of nitrogens with one attached hydrogen (secondary N) is 1. The Bertz CT molecular complexity index is 1480. The Labute approximate surface area is 203 Å². The first kappa shape index (κ1) is 21.7. The molecule has 2 heterocycles. The number of halogens is 2. The van der Waals surface area contributed by atoms with Gasteiger partial charge in [-0.25, -0.2) is 4.98 Å². The molecule has 0 amide bonds. The fourth-order valence-corrected chi connectivity index (χ4v) is 4.64. The van der Waals surface area contributed by atoms with Gasteiger partial charge in [-0.15, -0.1) is 10.2 Å². The summed E-state index contributed by atoms with van der Waals surface area (Å²) in [4.78, 5) is 19.9. The fraction of sp³-hybridized carbons (Fsp3) is 0.0833. The summed E-state index contributed by atoms with van der Waals surface area (Å²) in [6.45, 7) is 0. The topological polar surface area (TPSA) is 76.5 Å². The van der Waals surface area contributed by atoms with E-state index in [4.69, 9.17) is 23.2 Å². The van der Waals surface area contributed by atoms with Gasteiger partial charge in [-0.2, -0.15) is 0 Å². The summed E-state index contributed by atoms with van der Waals surface area (Å²) in [7, 11) is 0. The SMILES string of the molecule is O=c1[nH]c(CSc2nnc(Cc3ccccc3)n2-c2ccc(Cl)cc2)nc2ccc(Cl)cc12. The second-order valence-electron chi connectivity index (χ2n) is 7.34. The largest absolute Gasteiger partial charge is 0.309 e. The number of thioether (sulfide) groups is 1. The first-order valence-corrected chi connectivity index (χ1v) is 11.9. The molecule has 2 aromatic heterocycles. The molecule has 0 aliphatic rings. The molecule has 164 valence electrons. The fourth-order valence-electron chi connectivity index (χ4n) is 3.50. The van der Waals surface area contributed by atoms with Crippen molar-refractivity contribution in [3.8, 4) is 5.69 Å². The predicted molar refractivity (Wildman–Crippen MR) is 133 cm³/mol. The molecule has 0 fully saturated rings. The Morgan fingerprint density at radius 1 is 0.909 bits per heavy atom. The Kier molecular flexibility index (Phi) is 6.17. The van der Waals surface area contributed by atoms with E-state index in [0.29, 0.717) is 44.1 Å². The lowest BCUT2D eigenvalue weighted by atomic mass is 10.1. The third kappa shape index (κ3) is 4.80. The molecule has 0 unspecified atom stereocenters. The summed E-state index contributed by atoms with van der Waals surface area (Å²) in [6, 6.07) is 22.7. The van der Waals surface area contributed by atoms with Crippen molar-refractivity contribution >= 4 is 45.9 Å². The van der Waals surface area contributed by atoms with Gasteiger partial charge in [0.25, 0.3) is 5.56 Å². The number of aromatic nitrogens is 5. The molecular weight excluding hydrogens is 477 g/mol. The molecule has 1 N–H and O–H groups in total. The van der Waals surface area contributed by atoms with Gasteiger partial charge < -0.3 is 4.98 Å². The van der Waals surface area contributed by atoms with Gasteiger partial charge in [0.1, 0.15) is 11.6 Å². The minimum Gasteiger partial charge on any atom is -0.309 e. The number of hydrogen-bond acceptors (Lipinski definition) is 5. The average molecular weight is 494 g/mol. The van der Waals surface area contributed by atoms with Gasteiger partial charge in [-0.1, -0.05) is 65.3 Å². The van der Waals surface area contributed by atoms with Crippen LogP contribution in [0, 0.1) is 0 Å². The number of benzene rings is 3. The van der Waals surface area contributed by atoms with Crippen LogP contribution in [0.15, 0.2) is 82.7 Å². The predicted octanol–water partition coefficient (Wildman–Crippen LogP) is 5.69. The van der Waals surface area contributed by atoms with Crippen molar-refractivity contribution in [1.82, 2.24) is 24.7 Å². The van der Waals surface area contributed by atoms with Crippen LogP contribution in [0.1, 0.15) is 17.2 Å². The molecule has 0 saturated heterocycles. The normalized spacial score (nSPS) is 11.2. The van der Waals surface area contributed by atoms with Crippen LogP contribution in [0.5, 0.6) is 0 Å². The van der Waals surface area contributed by atoms with Gasteiger partial charge in [0.05, 0.1) is 16.7 Å². The summed E-state index contributed by atoms with van der Waals surface area (Å²) < 4.78 is 2.01. The Balaban J connectivity index is 1.48. The minimum absolute atomic E-state index is 0.220. The monoisotopic (exact) mass is 493 g/mol. The molecule has 33 heavy (non-hydrogen) atoms. The molecular formula is C24H17Cl2N5OS. The lowest BCUT2D eigenvalue weighted by molar-refractivity contribution is 0.846. The first-order chi connectivity index (χ1) is 16.1. The second kappa shape index (κ2) is 9.39. The number of fused-ring (bicyclic) bond motifs is 1. The Hall–Kier alpha value is -3.13. The highest BCUT2D eigenvalue weighted by Gasteiger charge is 2.16. The zero-order chi connectivity index (χ0) is 22.8. The maximum Gasteiger partial charge on any atom is 0.258 e. The maximum absolute atomic E-state index is 12.5. The van der Waals surface area contributed by atoms with Crippen LogP contribution in [0.2, 0.25) is 10.0 Å². The molecule has 0 atom stereocenters. The number of aromatic amines is 1. The molecule has 9 heteroatoms. The van der Waals surface area contributed by atoms with Crippen molar-refractivity contribution in [2.75, 3.05) is 0 Å². The lowest BCUT2D eigenvalue weighted by Crippen LogP contribution is -2.11. The van der Waals surface area contributed by atoms with E-state index in [0.717, 1.165) is 17.1 Å². The van der Waals surface area contributed by atoms with Crippen molar-refractivity contribution in [1.29, 1.82) is 0 Å². The van der Waals surface area contributed by atoms with Crippen LogP contribution in [0.3, 0.4) is 0 Å². The van der Waals surface area contributed by atoms with Gasteiger partial charge >= 0.3 is 0 Å². The highest BCUT2D eigenvalue weighted by atomic mass is 35.5. The van der Waals surface area contributed by atoms with E-state index in [1.165, 1.54) is 11.8 Å². The molecule has 5 aromatic rings. The summed E-state index contributed by atoms with van der Waals surface area (Å²) in [5.41, 5.74) is 2.42. The molecule has 0 bridgehead atoms. The van der Waals surface area contributed by atoms with Crippen LogP contribution in [0.4, 0.5) is 0 Å².